The molecule has 5 nitrogen and oxygen atoms in total. The molecule has 112 valence electrons. The van der Waals surface area contributed by atoms with E-state index in [0.29, 0.717) is 23.0 Å². The first-order valence-electron chi connectivity index (χ1n) is 6.63. The lowest BCUT2D eigenvalue weighted by Crippen LogP contribution is -2.23. The number of nitrogens with one attached hydrogen (secondary N) is 2. The van der Waals surface area contributed by atoms with Crippen molar-refractivity contribution in [3.63, 3.8) is 0 Å². The molecule has 0 atom stereocenters. The van der Waals surface area contributed by atoms with Crippen LogP contribution >= 0.6 is 22.9 Å². The number of halogens is 1. The molecule has 0 spiro atoms. The van der Waals surface area contributed by atoms with E-state index in [2.05, 4.69) is 20.5 Å². The third-order valence-electron chi connectivity index (χ3n) is 3.04. The Kier molecular flexibility index (Phi) is 4.22. The van der Waals surface area contributed by atoms with Gasteiger partial charge in [-0.1, -0.05) is 29.8 Å². The van der Waals surface area contributed by atoms with Gasteiger partial charge in [-0.2, -0.15) is 5.10 Å². The molecule has 7 heteroatoms. The Labute approximate surface area is 136 Å². The quantitative estimate of drug-likeness (QED) is 0.769. The van der Waals surface area contributed by atoms with Gasteiger partial charge in [-0.25, -0.2) is 4.98 Å². The predicted octanol–water partition coefficient (Wildman–Crippen LogP) is 3.43. The number of carbonyl (C=O) groups is 1. The molecule has 3 rings (SSSR count). The zero-order chi connectivity index (χ0) is 15.5. The smallest absolute Gasteiger partial charge is 0.269 e. The number of amides is 1. The van der Waals surface area contributed by atoms with Crippen molar-refractivity contribution in [1.29, 1.82) is 0 Å². The second-order valence-electron chi connectivity index (χ2n) is 4.71. The van der Waals surface area contributed by atoms with Crippen LogP contribution in [-0.4, -0.2) is 21.1 Å². The average molecular weight is 333 g/mol. The van der Waals surface area contributed by atoms with Crippen LogP contribution in [0.25, 0.3) is 11.3 Å². The van der Waals surface area contributed by atoms with Crippen LogP contribution in [0, 0.1) is 6.92 Å². The molecular formula is C15H13ClN4OS. The summed E-state index contributed by atoms with van der Waals surface area (Å²) >= 11 is 7.65. The Morgan fingerprint density at radius 1 is 1.41 bits per heavy atom. The van der Waals surface area contributed by atoms with Crippen LogP contribution in [0.2, 0.25) is 5.02 Å². The molecule has 0 unspecified atom stereocenters. The standard InChI is InChI=1S/C15H13ClN4OS/c1-9-8-22-14(18-9)7-17-15(21)13-6-12(19-20-13)10-4-2-3-5-11(10)16/h2-6,8H,7H2,1H3,(H,17,21)(H,19,20). The fourth-order valence-electron chi connectivity index (χ4n) is 1.98. The number of rotatable bonds is 4. The van der Waals surface area contributed by atoms with Gasteiger partial charge in [0.15, 0.2) is 0 Å². The van der Waals surface area contributed by atoms with Crippen LogP contribution in [0.1, 0.15) is 21.2 Å². The van der Waals surface area contributed by atoms with E-state index in [1.54, 1.807) is 12.1 Å². The zero-order valence-corrected chi connectivity index (χ0v) is 13.3. The summed E-state index contributed by atoms with van der Waals surface area (Å²) in [6.07, 6.45) is 0. The Hall–Kier alpha value is -2.18. The zero-order valence-electron chi connectivity index (χ0n) is 11.8. The Morgan fingerprint density at radius 3 is 2.95 bits per heavy atom. The monoisotopic (exact) mass is 332 g/mol. The SMILES string of the molecule is Cc1csc(CNC(=O)c2cc(-c3ccccc3Cl)n[nH]2)n1. The summed E-state index contributed by atoms with van der Waals surface area (Å²) in [4.78, 5) is 16.4. The van der Waals surface area contributed by atoms with Gasteiger partial charge >= 0.3 is 0 Å². The first kappa shape index (κ1) is 14.7. The van der Waals surface area contributed by atoms with Crippen molar-refractivity contribution in [3.8, 4) is 11.3 Å². The van der Waals surface area contributed by atoms with Crippen LogP contribution in [0.4, 0.5) is 0 Å². The summed E-state index contributed by atoms with van der Waals surface area (Å²) in [7, 11) is 0. The summed E-state index contributed by atoms with van der Waals surface area (Å²) in [5, 5.41) is 13.1. The maximum atomic E-state index is 12.1. The molecule has 3 aromatic rings. The first-order chi connectivity index (χ1) is 10.6. The van der Waals surface area contributed by atoms with Crippen molar-refractivity contribution in [3.05, 3.63) is 57.1 Å². The van der Waals surface area contributed by atoms with E-state index >= 15 is 0 Å². The third-order valence-corrected chi connectivity index (χ3v) is 4.34. The number of nitrogens with zero attached hydrogens (tertiary/aromatic N) is 2. The fraction of sp³-hybridized carbons (Fsp3) is 0.133. The number of thiazole rings is 1. The van der Waals surface area contributed by atoms with E-state index in [9.17, 15) is 4.79 Å². The number of aromatic amines is 1. The van der Waals surface area contributed by atoms with Crippen LogP contribution in [0.5, 0.6) is 0 Å². The number of hydrogen-bond donors (Lipinski definition) is 2. The normalized spacial score (nSPS) is 10.6. The molecule has 0 fully saturated rings. The van der Waals surface area contributed by atoms with Crippen LogP contribution in [0.15, 0.2) is 35.7 Å². The number of H-pyrrole nitrogens is 1. The highest BCUT2D eigenvalue weighted by molar-refractivity contribution is 7.09. The lowest BCUT2D eigenvalue weighted by molar-refractivity contribution is 0.0946. The van der Waals surface area contributed by atoms with Crippen molar-refractivity contribution in [2.24, 2.45) is 0 Å². The van der Waals surface area contributed by atoms with Gasteiger partial charge in [0, 0.05) is 16.6 Å². The molecular weight excluding hydrogens is 320 g/mol. The predicted molar refractivity (Wildman–Crippen MR) is 87.1 cm³/mol. The van der Waals surface area contributed by atoms with Crippen LogP contribution in [-0.2, 0) is 6.54 Å². The summed E-state index contributed by atoms with van der Waals surface area (Å²) in [6.45, 7) is 2.32. The molecule has 2 N–H and O–H groups in total. The minimum absolute atomic E-state index is 0.223. The Bertz CT molecular complexity index is 811. The lowest BCUT2D eigenvalue weighted by Gasteiger charge is -2.00. The van der Waals surface area contributed by atoms with Gasteiger partial charge in [-0.15, -0.1) is 11.3 Å². The lowest BCUT2D eigenvalue weighted by atomic mass is 10.1. The number of benzene rings is 1. The number of aromatic nitrogens is 3. The molecule has 0 aliphatic heterocycles. The molecule has 0 bridgehead atoms. The van der Waals surface area contributed by atoms with Crippen LogP contribution in [0.3, 0.4) is 0 Å². The van der Waals surface area contributed by atoms with E-state index in [1.807, 2.05) is 30.5 Å². The van der Waals surface area contributed by atoms with Crippen LogP contribution < -0.4 is 5.32 Å². The van der Waals surface area contributed by atoms with Gasteiger partial charge in [0.05, 0.1) is 17.3 Å². The molecule has 2 heterocycles. The highest BCUT2D eigenvalue weighted by Crippen LogP contribution is 2.26. The molecule has 0 aliphatic carbocycles. The van der Waals surface area contributed by atoms with E-state index in [0.717, 1.165) is 16.3 Å². The summed E-state index contributed by atoms with van der Waals surface area (Å²) in [6, 6.07) is 9.06. The third kappa shape index (κ3) is 3.18. The molecule has 0 saturated heterocycles. The van der Waals surface area contributed by atoms with Gasteiger partial charge in [0.1, 0.15) is 10.7 Å². The number of carbonyl (C=O) groups excluding carboxylic acids is 1. The van der Waals surface area contributed by atoms with E-state index in [4.69, 9.17) is 11.6 Å². The second-order valence-corrected chi connectivity index (χ2v) is 6.06. The van der Waals surface area contributed by atoms with E-state index < -0.39 is 0 Å². The maximum Gasteiger partial charge on any atom is 0.269 e. The number of hydrogen-bond acceptors (Lipinski definition) is 4. The molecule has 0 saturated carbocycles. The van der Waals surface area contributed by atoms with Crippen molar-refractivity contribution < 1.29 is 4.79 Å². The Morgan fingerprint density at radius 2 is 2.23 bits per heavy atom. The minimum Gasteiger partial charge on any atom is -0.344 e. The van der Waals surface area contributed by atoms with Crippen molar-refractivity contribution >= 4 is 28.8 Å². The Balaban J connectivity index is 1.70. The van der Waals surface area contributed by atoms with Gasteiger partial charge in [0.25, 0.3) is 5.91 Å². The summed E-state index contributed by atoms with van der Waals surface area (Å²) in [5.41, 5.74) is 2.77. The highest BCUT2D eigenvalue weighted by atomic mass is 35.5. The van der Waals surface area contributed by atoms with Gasteiger partial charge < -0.3 is 5.32 Å². The van der Waals surface area contributed by atoms with Gasteiger partial charge in [-0.3, -0.25) is 9.89 Å². The molecule has 22 heavy (non-hydrogen) atoms. The molecule has 2 aromatic heterocycles. The van der Waals surface area contributed by atoms with Gasteiger partial charge in [-0.05, 0) is 19.1 Å². The first-order valence-corrected chi connectivity index (χ1v) is 7.89. The summed E-state index contributed by atoms with van der Waals surface area (Å²) < 4.78 is 0. The van der Waals surface area contributed by atoms with Crippen molar-refractivity contribution in [2.45, 2.75) is 13.5 Å². The molecule has 1 aromatic carbocycles. The van der Waals surface area contributed by atoms with E-state index in [-0.39, 0.29) is 5.91 Å². The molecule has 0 radical (unpaired) electrons. The topological polar surface area (TPSA) is 70.7 Å². The highest BCUT2D eigenvalue weighted by Gasteiger charge is 2.13. The minimum atomic E-state index is -0.223. The molecule has 0 aliphatic rings. The van der Waals surface area contributed by atoms with Crippen molar-refractivity contribution in [2.75, 3.05) is 0 Å². The average Bonchev–Trinajstić information content (AvgIpc) is 3.14. The number of aryl methyl sites for hydroxylation is 1. The van der Waals surface area contributed by atoms with E-state index in [1.165, 1.54) is 11.3 Å². The maximum absolute atomic E-state index is 12.1. The van der Waals surface area contributed by atoms with Crippen molar-refractivity contribution in [1.82, 2.24) is 20.5 Å². The van der Waals surface area contributed by atoms with Gasteiger partial charge in [0.2, 0.25) is 0 Å². The second kappa shape index (κ2) is 6.29. The summed E-state index contributed by atoms with van der Waals surface area (Å²) in [5.74, 6) is -0.223. The largest absolute Gasteiger partial charge is 0.344 e. The molecule has 1 amide bonds. The fourth-order valence-corrected chi connectivity index (χ4v) is 2.92.